The van der Waals surface area contributed by atoms with Crippen LogP contribution in [-0.4, -0.2) is 11.4 Å². The third-order valence-corrected chi connectivity index (χ3v) is 3.83. The number of halogens is 1. The van der Waals surface area contributed by atoms with Gasteiger partial charge >= 0.3 is 0 Å². The Labute approximate surface area is 114 Å². The van der Waals surface area contributed by atoms with E-state index in [0.717, 1.165) is 19.6 Å². The Balaban J connectivity index is 2.23. The van der Waals surface area contributed by atoms with Crippen LogP contribution in [0.25, 0.3) is 0 Å². The van der Waals surface area contributed by atoms with Gasteiger partial charge in [-0.1, -0.05) is 67.0 Å². The van der Waals surface area contributed by atoms with Crippen molar-refractivity contribution in [3.05, 3.63) is 35.9 Å². The molecule has 0 N–H and O–H groups in total. The lowest BCUT2D eigenvalue weighted by atomic mass is 9.90. The highest BCUT2D eigenvalue weighted by Crippen LogP contribution is 2.24. The summed E-state index contributed by atoms with van der Waals surface area (Å²) >= 11 is 3.68. The molecule has 0 saturated carbocycles. The molecule has 0 aliphatic heterocycles. The molecule has 1 aromatic carbocycles. The van der Waals surface area contributed by atoms with Crippen LogP contribution in [0.5, 0.6) is 0 Å². The van der Waals surface area contributed by atoms with E-state index in [9.17, 15) is 0 Å². The van der Waals surface area contributed by atoms with Gasteiger partial charge < -0.3 is 4.74 Å². The summed E-state index contributed by atoms with van der Waals surface area (Å²) in [5.74, 6) is 1.38. The Morgan fingerprint density at radius 1 is 1.12 bits per heavy atom. The minimum atomic E-state index is 0.558. The topological polar surface area (TPSA) is 9.23 Å². The molecule has 2 atom stereocenters. The van der Waals surface area contributed by atoms with Gasteiger partial charge in [0.1, 0.15) is 0 Å². The van der Waals surface area contributed by atoms with E-state index in [1.807, 2.05) is 6.07 Å². The van der Waals surface area contributed by atoms with Crippen LogP contribution in [0.4, 0.5) is 0 Å². The molecule has 1 nitrogen and oxygen atoms in total. The van der Waals surface area contributed by atoms with Gasteiger partial charge in [-0.25, -0.2) is 0 Å². The molecule has 1 aromatic rings. The Bertz CT molecular complexity index is 287. The van der Waals surface area contributed by atoms with Crippen LogP contribution in [0, 0.1) is 11.8 Å². The van der Waals surface area contributed by atoms with Gasteiger partial charge in [0.05, 0.1) is 6.61 Å². The molecule has 96 valence electrons. The number of alkyl halides is 1. The monoisotopic (exact) mass is 298 g/mol. The average molecular weight is 299 g/mol. The molecule has 0 radical (unpaired) electrons. The molecule has 1 rings (SSSR count). The fourth-order valence-corrected chi connectivity index (χ4v) is 2.95. The summed E-state index contributed by atoms with van der Waals surface area (Å²) in [6.07, 6.45) is 1.12. The van der Waals surface area contributed by atoms with E-state index in [4.69, 9.17) is 4.74 Å². The lowest BCUT2D eigenvalue weighted by Crippen LogP contribution is -2.19. The van der Waals surface area contributed by atoms with Crippen LogP contribution in [0.2, 0.25) is 0 Å². The molecule has 17 heavy (non-hydrogen) atoms. The van der Waals surface area contributed by atoms with Crippen molar-refractivity contribution in [3.8, 4) is 0 Å². The smallest absolute Gasteiger partial charge is 0.0716 e. The van der Waals surface area contributed by atoms with Crippen molar-refractivity contribution >= 4 is 15.9 Å². The van der Waals surface area contributed by atoms with Gasteiger partial charge in [0.2, 0.25) is 0 Å². The molecular weight excluding hydrogens is 276 g/mol. The van der Waals surface area contributed by atoms with Crippen molar-refractivity contribution in [2.24, 2.45) is 11.8 Å². The molecule has 0 spiro atoms. The molecule has 0 aliphatic carbocycles. The zero-order valence-corrected chi connectivity index (χ0v) is 12.6. The summed E-state index contributed by atoms with van der Waals surface area (Å²) in [6.45, 7) is 8.34. The fraction of sp³-hybridized carbons (Fsp3) is 0.600. The molecule has 2 unspecified atom stereocenters. The molecule has 0 aliphatic rings. The Hall–Kier alpha value is -0.340. The normalized spacial score (nSPS) is 14.9. The Morgan fingerprint density at radius 3 is 2.29 bits per heavy atom. The summed E-state index contributed by atoms with van der Waals surface area (Å²) in [4.78, 5) is 0.558. The minimum Gasteiger partial charge on any atom is -0.377 e. The average Bonchev–Trinajstić information content (AvgIpc) is 2.29. The van der Waals surface area contributed by atoms with Crippen molar-refractivity contribution < 1.29 is 4.74 Å². The van der Waals surface area contributed by atoms with Crippen molar-refractivity contribution in [2.75, 3.05) is 6.61 Å². The standard InChI is InChI=1S/C15H23BrO/c1-12(2)15(13(3)16)9-10-17-11-14-7-5-4-6-8-14/h4-8,12-13,15H,9-11H2,1-3H3. The largest absolute Gasteiger partial charge is 0.377 e. The van der Waals surface area contributed by atoms with Crippen LogP contribution < -0.4 is 0 Å². The van der Waals surface area contributed by atoms with Gasteiger partial charge in [0.25, 0.3) is 0 Å². The first-order valence-electron chi connectivity index (χ1n) is 6.37. The predicted molar refractivity (Wildman–Crippen MR) is 77.4 cm³/mol. The zero-order chi connectivity index (χ0) is 12.7. The van der Waals surface area contributed by atoms with Crippen LogP contribution in [0.3, 0.4) is 0 Å². The second-order valence-electron chi connectivity index (χ2n) is 4.91. The van der Waals surface area contributed by atoms with E-state index < -0.39 is 0 Å². The fourth-order valence-electron chi connectivity index (χ4n) is 2.08. The third kappa shape index (κ3) is 5.69. The molecule has 0 amide bonds. The van der Waals surface area contributed by atoms with Gasteiger partial charge in [-0.2, -0.15) is 0 Å². The highest BCUT2D eigenvalue weighted by Gasteiger charge is 2.18. The van der Waals surface area contributed by atoms with Crippen molar-refractivity contribution in [3.63, 3.8) is 0 Å². The maximum absolute atomic E-state index is 5.73. The maximum Gasteiger partial charge on any atom is 0.0716 e. The molecule has 0 saturated heterocycles. The lowest BCUT2D eigenvalue weighted by molar-refractivity contribution is 0.101. The summed E-state index contributed by atoms with van der Waals surface area (Å²) in [7, 11) is 0. The van der Waals surface area contributed by atoms with Gasteiger partial charge in [-0.15, -0.1) is 0 Å². The highest BCUT2D eigenvalue weighted by atomic mass is 79.9. The molecular formula is C15H23BrO. The van der Waals surface area contributed by atoms with E-state index in [-0.39, 0.29) is 0 Å². The lowest BCUT2D eigenvalue weighted by Gasteiger charge is -2.23. The first-order chi connectivity index (χ1) is 8.11. The van der Waals surface area contributed by atoms with Gasteiger partial charge in [0.15, 0.2) is 0 Å². The number of hydrogen-bond acceptors (Lipinski definition) is 1. The van der Waals surface area contributed by atoms with Crippen molar-refractivity contribution in [1.29, 1.82) is 0 Å². The van der Waals surface area contributed by atoms with E-state index in [1.54, 1.807) is 0 Å². The summed E-state index contributed by atoms with van der Waals surface area (Å²) in [6, 6.07) is 10.3. The van der Waals surface area contributed by atoms with E-state index in [2.05, 4.69) is 61.0 Å². The molecule has 0 heterocycles. The van der Waals surface area contributed by atoms with Gasteiger partial charge in [-0.05, 0) is 23.8 Å². The van der Waals surface area contributed by atoms with Crippen LogP contribution in [0.1, 0.15) is 32.8 Å². The first-order valence-corrected chi connectivity index (χ1v) is 7.28. The van der Waals surface area contributed by atoms with Crippen molar-refractivity contribution in [2.45, 2.75) is 38.6 Å². The number of ether oxygens (including phenoxy) is 1. The van der Waals surface area contributed by atoms with E-state index in [1.165, 1.54) is 5.56 Å². The molecule has 0 fully saturated rings. The number of hydrogen-bond donors (Lipinski definition) is 0. The second kappa shape index (κ2) is 7.88. The van der Waals surface area contributed by atoms with Gasteiger partial charge in [-0.3, -0.25) is 0 Å². The second-order valence-corrected chi connectivity index (χ2v) is 6.36. The highest BCUT2D eigenvalue weighted by molar-refractivity contribution is 9.09. The van der Waals surface area contributed by atoms with E-state index in [0.29, 0.717) is 16.7 Å². The first kappa shape index (κ1) is 14.7. The molecule has 0 aromatic heterocycles. The summed E-state index contributed by atoms with van der Waals surface area (Å²) < 4.78 is 5.73. The molecule has 2 heteroatoms. The SMILES string of the molecule is CC(C)C(CCOCc1ccccc1)C(C)Br. The predicted octanol–water partition coefficient (Wildman–Crippen LogP) is 4.65. The Morgan fingerprint density at radius 2 is 1.76 bits per heavy atom. The van der Waals surface area contributed by atoms with Gasteiger partial charge in [0, 0.05) is 11.4 Å². The summed E-state index contributed by atoms with van der Waals surface area (Å²) in [5, 5.41) is 0. The van der Waals surface area contributed by atoms with Crippen LogP contribution in [0.15, 0.2) is 30.3 Å². The zero-order valence-electron chi connectivity index (χ0n) is 11.0. The van der Waals surface area contributed by atoms with Crippen LogP contribution >= 0.6 is 15.9 Å². The quantitative estimate of drug-likeness (QED) is 0.526. The minimum absolute atomic E-state index is 0.558. The number of benzene rings is 1. The number of rotatable bonds is 7. The molecule has 0 bridgehead atoms. The van der Waals surface area contributed by atoms with Crippen LogP contribution in [-0.2, 0) is 11.3 Å². The summed E-state index contributed by atoms with van der Waals surface area (Å²) in [5.41, 5.74) is 1.25. The third-order valence-electron chi connectivity index (χ3n) is 3.15. The van der Waals surface area contributed by atoms with E-state index >= 15 is 0 Å². The Kier molecular flexibility index (Phi) is 6.83. The van der Waals surface area contributed by atoms with Crippen molar-refractivity contribution in [1.82, 2.24) is 0 Å². The maximum atomic E-state index is 5.73.